The first kappa shape index (κ1) is 16.2. The molecule has 3 rings (SSSR count). The Labute approximate surface area is 130 Å². The maximum absolute atomic E-state index is 9.87. The van der Waals surface area contributed by atoms with Crippen molar-refractivity contribution >= 4 is 6.29 Å². The first-order valence-corrected chi connectivity index (χ1v) is 6.25. The zero-order valence-corrected chi connectivity index (χ0v) is 12.4. The molecule has 3 aromatic rings. The molecule has 3 aromatic carbocycles. The molecule has 108 valence electrons. The van der Waals surface area contributed by atoms with Gasteiger partial charge in [0.25, 0.3) is 0 Å². The van der Waals surface area contributed by atoms with Gasteiger partial charge in [-0.25, -0.2) is 0 Å². The fraction of sp³-hybridized carbons (Fsp3) is 0.0556. The van der Waals surface area contributed by atoms with Crippen LogP contribution in [0.25, 0.3) is 11.1 Å². The van der Waals surface area contributed by atoms with E-state index in [4.69, 9.17) is 0 Å². The van der Waals surface area contributed by atoms with Crippen LogP contribution in [0, 0.1) is 6.92 Å². The summed E-state index contributed by atoms with van der Waals surface area (Å²) < 4.78 is 0. The summed E-state index contributed by atoms with van der Waals surface area (Å²) in [6.07, 6.45) is 0.833. The number of benzene rings is 1. The van der Waals surface area contributed by atoms with E-state index in [1.54, 1.807) is 12.1 Å². The Hall–Kier alpha value is -1.89. The minimum absolute atomic E-state index is 0. The first-order valence-electron chi connectivity index (χ1n) is 6.25. The topological polar surface area (TPSA) is 17.1 Å². The number of hydrogen-bond acceptors (Lipinski definition) is 1. The average molecular weight is 304 g/mol. The summed E-state index contributed by atoms with van der Waals surface area (Å²) in [5.41, 5.74) is 4.67. The number of carbonyl (C=O) groups excluding carboxylic acids is 1. The summed E-state index contributed by atoms with van der Waals surface area (Å²) in [6.45, 7) is 2.12. The molecule has 2 heteroatoms. The van der Waals surface area contributed by atoms with Crippen molar-refractivity contribution in [1.29, 1.82) is 0 Å². The molecule has 0 aliphatic rings. The van der Waals surface area contributed by atoms with Gasteiger partial charge in [-0.1, -0.05) is 23.3 Å². The van der Waals surface area contributed by atoms with E-state index in [1.807, 2.05) is 12.1 Å². The summed E-state index contributed by atoms with van der Waals surface area (Å²) in [6, 6.07) is 24.2. The summed E-state index contributed by atoms with van der Waals surface area (Å²) in [5, 5.41) is 0. The fourth-order valence-electron chi connectivity index (χ4n) is 1.86. The van der Waals surface area contributed by atoms with Gasteiger partial charge in [0, 0.05) is 17.1 Å². The molecule has 0 saturated carbocycles. The van der Waals surface area contributed by atoms with Crippen molar-refractivity contribution in [3.63, 3.8) is 0 Å². The van der Waals surface area contributed by atoms with Gasteiger partial charge in [-0.2, -0.15) is 12.1 Å². The molecule has 1 nitrogen and oxygen atoms in total. The van der Waals surface area contributed by atoms with E-state index in [-0.39, 0.29) is 17.1 Å². The molecule has 0 unspecified atom stereocenters. The van der Waals surface area contributed by atoms with Crippen LogP contribution >= 0.6 is 0 Å². The monoisotopic (exact) mass is 304 g/mol. The summed E-state index contributed by atoms with van der Waals surface area (Å²) >= 11 is 0. The van der Waals surface area contributed by atoms with Crippen LogP contribution in [0.3, 0.4) is 0 Å². The SMILES string of the molecule is Cc1cccc(-[c-]2cccc2)c1.O=C[c-]1[cH-][cH-][cH-][cH-]1.[Fe]. The molecule has 0 spiro atoms. The van der Waals surface area contributed by atoms with Crippen LogP contribution in [-0.4, -0.2) is 6.29 Å². The number of aryl methyl sites for hydroxylation is 1. The van der Waals surface area contributed by atoms with E-state index in [0.717, 1.165) is 11.8 Å². The van der Waals surface area contributed by atoms with Gasteiger partial charge in [0.2, 0.25) is 0 Å². The Morgan fingerprint density at radius 2 is 1.70 bits per heavy atom. The summed E-state index contributed by atoms with van der Waals surface area (Å²) in [4.78, 5) is 9.87. The summed E-state index contributed by atoms with van der Waals surface area (Å²) in [7, 11) is 0. The van der Waals surface area contributed by atoms with Crippen LogP contribution in [-0.2, 0) is 17.1 Å². The Morgan fingerprint density at radius 1 is 1.05 bits per heavy atom. The van der Waals surface area contributed by atoms with Crippen molar-refractivity contribution in [2.24, 2.45) is 0 Å². The third-order valence-electron chi connectivity index (χ3n) is 2.84. The van der Waals surface area contributed by atoms with Gasteiger partial charge in [-0.15, -0.1) is 29.8 Å². The van der Waals surface area contributed by atoms with Gasteiger partial charge in [0.05, 0.1) is 0 Å². The van der Waals surface area contributed by atoms with E-state index >= 15 is 0 Å². The Bertz CT molecular complexity index is 607. The van der Waals surface area contributed by atoms with Crippen LogP contribution in [0.4, 0.5) is 0 Å². The Balaban J connectivity index is 0.000000216. The zero-order valence-electron chi connectivity index (χ0n) is 11.3. The van der Waals surface area contributed by atoms with Gasteiger partial charge in [0.15, 0.2) is 0 Å². The molecular weight excluding hydrogens is 288 g/mol. The minimum atomic E-state index is 0. The van der Waals surface area contributed by atoms with Crippen LogP contribution in [0.2, 0.25) is 0 Å². The Morgan fingerprint density at radius 3 is 2.20 bits per heavy atom. The Kier molecular flexibility index (Phi) is 6.72. The normalized spacial score (nSPS) is 9.05. The molecule has 0 amide bonds. The second-order valence-electron chi connectivity index (χ2n) is 4.38. The molecule has 0 radical (unpaired) electrons. The molecule has 0 N–H and O–H groups in total. The predicted molar refractivity (Wildman–Crippen MR) is 79.6 cm³/mol. The van der Waals surface area contributed by atoms with E-state index in [2.05, 4.69) is 55.5 Å². The predicted octanol–water partition coefficient (Wildman–Crippen LogP) is 4.60. The molecule has 0 bridgehead atoms. The molecule has 0 aromatic heterocycles. The van der Waals surface area contributed by atoms with Crippen LogP contribution < -0.4 is 0 Å². The van der Waals surface area contributed by atoms with Gasteiger partial charge in [0.1, 0.15) is 0 Å². The van der Waals surface area contributed by atoms with Crippen molar-refractivity contribution in [1.82, 2.24) is 0 Å². The molecule has 0 saturated heterocycles. The third-order valence-corrected chi connectivity index (χ3v) is 2.84. The quantitative estimate of drug-likeness (QED) is 0.384. The van der Waals surface area contributed by atoms with Gasteiger partial charge in [-0.05, 0) is 6.92 Å². The molecule has 0 atom stereocenters. The number of hydrogen-bond donors (Lipinski definition) is 0. The average Bonchev–Trinajstić information content (AvgIpc) is 3.13. The van der Waals surface area contributed by atoms with Crippen molar-refractivity contribution in [3.05, 3.63) is 83.9 Å². The number of aldehydes is 1. The molecular formula is C18H16FeO-6. The molecule has 0 fully saturated rings. The zero-order chi connectivity index (χ0) is 13.5. The molecule has 0 aliphatic carbocycles. The third kappa shape index (κ3) is 4.65. The molecule has 0 heterocycles. The maximum atomic E-state index is 9.87. The standard InChI is InChI=1S/C12H11.C6H5O.Fe/c1-10-5-4-8-12(9-10)11-6-2-3-7-11;7-5-6-3-1-2-4-6;/h2-9H,1H3;1-5H;/q-1;-5;. The van der Waals surface area contributed by atoms with Crippen LogP contribution in [0.15, 0.2) is 72.8 Å². The summed E-state index contributed by atoms with van der Waals surface area (Å²) in [5.74, 6) is 0. The number of rotatable bonds is 2. The second kappa shape index (κ2) is 8.31. The van der Waals surface area contributed by atoms with E-state index < -0.39 is 0 Å². The van der Waals surface area contributed by atoms with Crippen molar-refractivity contribution in [2.75, 3.05) is 0 Å². The fourth-order valence-corrected chi connectivity index (χ4v) is 1.86. The number of carbonyl (C=O) groups is 1. The van der Waals surface area contributed by atoms with E-state index in [0.29, 0.717) is 0 Å². The van der Waals surface area contributed by atoms with Crippen LogP contribution in [0.5, 0.6) is 0 Å². The second-order valence-corrected chi connectivity index (χ2v) is 4.38. The van der Waals surface area contributed by atoms with Crippen molar-refractivity contribution in [3.8, 4) is 11.1 Å². The molecule has 0 aliphatic heterocycles. The van der Waals surface area contributed by atoms with E-state index in [1.165, 1.54) is 16.7 Å². The van der Waals surface area contributed by atoms with E-state index in [9.17, 15) is 4.79 Å². The van der Waals surface area contributed by atoms with Gasteiger partial charge < -0.3 is 34.6 Å². The molecule has 20 heavy (non-hydrogen) atoms. The smallest absolute Gasteiger partial charge is 0 e. The van der Waals surface area contributed by atoms with Crippen molar-refractivity contribution in [2.45, 2.75) is 6.92 Å². The van der Waals surface area contributed by atoms with Gasteiger partial charge in [-0.3, -0.25) is 6.29 Å². The minimum Gasteiger partial charge on any atom is -0.721 e. The van der Waals surface area contributed by atoms with Crippen molar-refractivity contribution < 1.29 is 21.9 Å². The van der Waals surface area contributed by atoms with Gasteiger partial charge >= 0.3 is 0 Å². The van der Waals surface area contributed by atoms with Crippen LogP contribution in [0.1, 0.15) is 15.9 Å². The first-order chi connectivity index (χ1) is 9.29. The largest absolute Gasteiger partial charge is 0.721 e. The maximum Gasteiger partial charge on any atom is 0 e.